The van der Waals surface area contributed by atoms with Crippen molar-refractivity contribution >= 4 is 5.69 Å². The molecule has 1 heteroatoms. The first-order valence-electron chi connectivity index (χ1n) is 6.63. The van der Waals surface area contributed by atoms with Crippen LogP contribution in [0.5, 0.6) is 0 Å². The molecule has 1 aliphatic carbocycles. The van der Waals surface area contributed by atoms with Crippen molar-refractivity contribution in [2.24, 2.45) is 0 Å². The molecule has 0 spiro atoms. The molecule has 0 aliphatic heterocycles. The van der Waals surface area contributed by atoms with Crippen LogP contribution in [0.3, 0.4) is 0 Å². The maximum Gasteiger partial charge on any atom is 0.0366 e. The highest BCUT2D eigenvalue weighted by Crippen LogP contribution is 2.38. The molecule has 0 atom stereocenters. The summed E-state index contributed by atoms with van der Waals surface area (Å²) in [6.45, 7) is 5.40. The van der Waals surface area contributed by atoms with E-state index in [0.29, 0.717) is 0 Å². The van der Waals surface area contributed by atoms with Gasteiger partial charge in [-0.05, 0) is 54.7 Å². The summed E-state index contributed by atoms with van der Waals surface area (Å²) in [5, 5.41) is 0. The van der Waals surface area contributed by atoms with E-state index < -0.39 is 0 Å². The number of fused-ring (bicyclic) bond motifs is 3. The van der Waals surface area contributed by atoms with Gasteiger partial charge in [0.25, 0.3) is 0 Å². The average molecular weight is 237 g/mol. The number of nitrogens with zero attached hydrogens (tertiary/aromatic N) is 1. The molecule has 1 nitrogen and oxygen atoms in total. The van der Waals surface area contributed by atoms with Crippen LogP contribution in [-0.2, 0) is 6.42 Å². The van der Waals surface area contributed by atoms with E-state index in [9.17, 15) is 0 Å². The molecule has 0 saturated carbocycles. The molecule has 0 radical (unpaired) electrons. The Morgan fingerprint density at radius 3 is 2.39 bits per heavy atom. The summed E-state index contributed by atoms with van der Waals surface area (Å²) < 4.78 is 0. The Morgan fingerprint density at radius 1 is 1.00 bits per heavy atom. The van der Waals surface area contributed by atoms with Crippen LogP contribution in [0.25, 0.3) is 11.1 Å². The van der Waals surface area contributed by atoms with Gasteiger partial charge in [0.1, 0.15) is 0 Å². The summed E-state index contributed by atoms with van der Waals surface area (Å²) in [6, 6.07) is 13.6. The van der Waals surface area contributed by atoms with Crippen LogP contribution in [0.15, 0.2) is 36.4 Å². The van der Waals surface area contributed by atoms with Crippen molar-refractivity contribution < 1.29 is 0 Å². The lowest BCUT2D eigenvalue weighted by Gasteiger charge is -2.17. The molecule has 0 bridgehead atoms. The standard InChI is InChI=1S/C17H19N/c1-4-18(3)15-6-8-17-14(11-15)10-13-9-12(2)5-7-16(13)17/h5-9,11H,4,10H2,1-3H3. The third-order valence-corrected chi connectivity index (χ3v) is 3.94. The second-order valence-electron chi connectivity index (χ2n) is 5.19. The third-order valence-electron chi connectivity index (χ3n) is 3.94. The summed E-state index contributed by atoms with van der Waals surface area (Å²) >= 11 is 0. The van der Waals surface area contributed by atoms with E-state index in [2.05, 4.69) is 62.2 Å². The minimum absolute atomic E-state index is 1.05. The van der Waals surface area contributed by atoms with Crippen LogP contribution < -0.4 is 4.90 Å². The number of hydrogen-bond donors (Lipinski definition) is 0. The molecule has 0 N–H and O–H groups in total. The Labute approximate surface area is 109 Å². The highest BCUT2D eigenvalue weighted by atomic mass is 15.1. The van der Waals surface area contributed by atoms with Gasteiger partial charge in [0.05, 0.1) is 0 Å². The lowest BCUT2D eigenvalue weighted by atomic mass is 10.0. The van der Waals surface area contributed by atoms with Crippen LogP contribution in [0.2, 0.25) is 0 Å². The summed E-state index contributed by atoms with van der Waals surface area (Å²) in [4.78, 5) is 2.29. The Bertz CT molecular complexity index is 599. The molecule has 3 rings (SSSR count). The van der Waals surface area contributed by atoms with Gasteiger partial charge in [-0.3, -0.25) is 0 Å². The highest BCUT2D eigenvalue weighted by molar-refractivity contribution is 5.79. The first kappa shape index (κ1) is 11.3. The number of rotatable bonds is 2. The third kappa shape index (κ3) is 1.71. The van der Waals surface area contributed by atoms with Crippen molar-refractivity contribution in [2.45, 2.75) is 20.3 Å². The van der Waals surface area contributed by atoms with E-state index in [1.807, 2.05) is 0 Å². The van der Waals surface area contributed by atoms with E-state index in [-0.39, 0.29) is 0 Å². The van der Waals surface area contributed by atoms with Gasteiger partial charge in [0, 0.05) is 19.3 Å². The first-order valence-corrected chi connectivity index (χ1v) is 6.63. The summed E-state index contributed by atoms with van der Waals surface area (Å²) in [6.07, 6.45) is 1.08. The largest absolute Gasteiger partial charge is 0.375 e. The maximum atomic E-state index is 2.34. The first-order chi connectivity index (χ1) is 8.69. The summed E-state index contributed by atoms with van der Waals surface area (Å²) in [5.41, 5.74) is 8.45. The van der Waals surface area contributed by atoms with Gasteiger partial charge < -0.3 is 4.90 Å². The zero-order chi connectivity index (χ0) is 12.7. The Kier molecular flexibility index (Phi) is 2.62. The van der Waals surface area contributed by atoms with Crippen LogP contribution in [0.1, 0.15) is 23.6 Å². The van der Waals surface area contributed by atoms with Crippen LogP contribution >= 0.6 is 0 Å². The van der Waals surface area contributed by atoms with E-state index in [0.717, 1.165) is 13.0 Å². The number of benzene rings is 2. The van der Waals surface area contributed by atoms with E-state index in [1.54, 1.807) is 0 Å². The Morgan fingerprint density at radius 2 is 1.67 bits per heavy atom. The topological polar surface area (TPSA) is 3.24 Å². The number of hydrogen-bond acceptors (Lipinski definition) is 1. The van der Waals surface area contributed by atoms with Gasteiger partial charge >= 0.3 is 0 Å². The molecule has 2 aromatic rings. The molecule has 0 fully saturated rings. The van der Waals surface area contributed by atoms with Gasteiger partial charge in [0.2, 0.25) is 0 Å². The van der Waals surface area contributed by atoms with Crippen molar-refractivity contribution in [3.8, 4) is 11.1 Å². The van der Waals surface area contributed by atoms with Gasteiger partial charge in [-0.2, -0.15) is 0 Å². The highest BCUT2D eigenvalue weighted by Gasteiger charge is 2.18. The van der Waals surface area contributed by atoms with Crippen LogP contribution in [-0.4, -0.2) is 13.6 Å². The molecule has 1 aliphatic rings. The molecular formula is C17H19N. The number of anilines is 1. The SMILES string of the molecule is CCN(C)c1ccc2c(c1)Cc1cc(C)ccc1-2. The normalized spacial score (nSPS) is 12.2. The minimum atomic E-state index is 1.05. The molecule has 92 valence electrons. The van der Waals surface area contributed by atoms with E-state index in [4.69, 9.17) is 0 Å². The molecular weight excluding hydrogens is 218 g/mol. The molecule has 18 heavy (non-hydrogen) atoms. The lowest BCUT2D eigenvalue weighted by Crippen LogP contribution is -2.15. The minimum Gasteiger partial charge on any atom is -0.375 e. The Balaban J connectivity index is 2.06. The zero-order valence-electron chi connectivity index (χ0n) is 11.3. The zero-order valence-corrected chi connectivity index (χ0v) is 11.3. The predicted molar refractivity (Wildman–Crippen MR) is 78.4 cm³/mol. The molecule has 0 heterocycles. The van der Waals surface area contributed by atoms with Crippen molar-refractivity contribution in [3.63, 3.8) is 0 Å². The fourth-order valence-electron chi connectivity index (χ4n) is 2.75. The smallest absolute Gasteiger partial charge is 0.0366 e. The van der Waals surface area contributed by atoms with Crippen molar-refractivity contribution in [1.29, 1.82) is 0 Å². The van der Waals surface area contributed by atoms with E-state index in [1.165, 1.54) is 33.5 Å². The van der Waals surface area contributed by atoms with Gasteiger partial charge in [0.15, 0.2) is 0 Å². The Hall–Kier alpha value is -1.76. The van der Waals surface area contributed by atoms with E-state index >= 15 is 0 Å². The quantitative estimate of drug-likeness (QED) is 0.650. The van der Waals surface area contributed by atoms with Crippen molar-refractivity contribution in [1.82, 2.24) is 0 Å². The lowest BCUT2D eigenvalue weighted by molar-refractivity contribution is 0.966. The molecule has 0 saturated heterocycles. The van der Waals surface area contributed by atoms with Gasteiger partial charge in [-0.25, -0.2) is 0 Å². The van der Waals surface area contributed by atoms with Crippen molar-refractivity contribution in [2.75, 3.05) is 18.5 Å². The fraction of sp³-hybridized carbons (Fsp3) is 0.294. The monoisotopic (exact) mass is 237 g/mol. The maximum absolute atomic E-state index is 2.34. The fourth-order valence-corrected chi connectivity index (χ4v) is 2.75. The second-order valence-corrected chi connectivity index (χ2v) is 5.19. The molecule has 2 aromatic carbocycles. The van der Waals surface area contributed by atoms with Crippen molar-refractivity contribution in [3.05, 3.63) is 53.1 Å². The molecule has 0 amide bonds. The number of aryl methyl sites for hydroxylation is 1. The average Bonchev–Trinajstić information content (AvgIpc) is 2.73. The second kappa shape index (κ2) is 4.16. The van der Waals surface area contributed by atoms with Gasteiger partial charge in [-0.1, -0.05) is 29.8 Å². The van der Waals surface area contributed by atoms with Crippen LogP contribution in [0, 0.1) is 6.92 Å². The summed E-state index contributed by atoms with van der Waals surface area (Å²) in [7, 11) is 2.15. The molecule has 0 unspecified atom stereocenters. The summed E-state index contributed by atoms with van der Waals surface area (Å²) in [5.74, 6) is 0. The molecule has 0 aromatic heterocycles. The van der Waals surface area contributed by atoms with Crippen LogP contribution in [0.4, 0.5) is 5.69 Å². The predicted octanol–water partition coefficient (Wildman–Crippen LogP) is 4.02. The van der Waals surface area contributed by atoms with Gasteiger partial charge in [-0.15, -0.1) is 0 Å².